The highest BCUT2D eigenvalue weighted by molar-refractivity contribution is 5.59. The molecule has 2 heterocycles. The molecule has 0 saturated heterocycles. The quantitative estimate of drug-likeness (QED) is 0.715. The second-order valence-electron chi connectivity index (χ2n) is 6.33. The summed E-state index contributed by atoms with van der Waals surface area (Å²) in [6.07, 6.45) is 12.9. The highest BCUT2D eigenvalue weighted by atomic mass is 16.5. The molecule has 124 valence electrons. The minimum atomic E-state index is 0.583. The summed E-state index contributed by atoms with van der Waals surface area (Å²) in [6.45, 7) is 0.689. The van der Waals surface area contributed by atoms with Crippen LogP contribution in [0.1, 0.15) is 37.3 Å². The third-order valence-electron chi connectivity index (χ3n) is 4.82. The van der Waals surface area contributed by atoms with E-state index in [1.807, 2.05) is 29.2 Å². The summed E-state index contributed by atoms with van der Waals surface area (Å²) in [5, 5.41) is 4.30. The van der Waals surface area contributed by atoms with Crippen LogP contribution in [0, 0.1) is 0 Å². The predicted octanol–water partition coefficient (Wildman–Crippen LogP) is 3.92. The van der Waals surface area contributed by atoms with Gasteiger partial charge in [0, 0.05) is 42.0 Å². The fourth-order valence-electron chi connectivity index (χ4n) is 3.62. The first-order chi connectivity index (χ1) is 11.8. The van der Waals surface area contributed by atoms with Crippen LogP contribution in [0.15, 0.2) is 49.1 Å². The van der Waals surface area contributed by atoms with Gasteiger partial charge in [0.05, 0.1) is 13.7 Å². The maximum Gasteiger partial charge on any atom is 0.140 e. The van der Waals surface area contributed by atoms with Crippen molar-refractivity contribution in [2.45, 2.75) is 38.3 Å². The Hall–Kier alpha value is -2.56. The van der Waals surface area contributed by atoms with Crippen molar-refractivity contribution in [2.24, 2.45) is 0 Å². The third-order valence-corrected chi connectivity index (χ3v) is 4.82. The molecule has 0 radical (unpaired) electrons. The zero-order valence-corrected chi connectivity index (χ0v) is 13.9. The van der Waals surface area contributed by atoms with Gasteiger partial charge in [-0.15, -0.1) is 0 Å². The lowest BCUT2D eigenvalue weighted by Crippen LogP contribution is -2.06. The average Bonchev–Trinajstić information content (AvgIpc) is 3.35. The highest BCUT2D eigenvalue weighted by Crippen LogP contribution is 2.34. The van der Waals surface area contributed by atoms with E-state index in [2.05, 4.69) is 33.0 Å². The average molecular weight is 322 g/mol. The normalized spacial score (nSPS) is 15.0. The van der Waals surface area contributed by atoms with Crippen molar-refractivity contribution < 1.29 is 4.74 Å². The van der Waals surface area contributed by atoms with E-state index >= 15 is 0 Å². The zero-order valence-electron chi connectivity index (χ0n) is 13.9. The second kappa shape index (κ2) is 6.51. The monoisotopic (exact) mass is 322 g/mol. The summed E-state index contributed by atoms with van der Waals surface area (Å²) < 4.78 is 9.78. The molecule has 1 aliphatic rings. The second-order valence-corrected chi connectivity index (χ2v) is 6.33. The molecule has 0 atom stereocenters. The Kier molecular flexibility index (Phi) is 4.07. The Morgan fingerprint density at radius 3 is 2.79 bits per heavy atom. The van der Waals surface area contributed by atoms with E-state index in [-0.39, 0.29) is 0 Å². The summed E-state index contributed by atoms with van der Waals surface area (Å²) in [6, 6.07) is 8.82. The molecule has 0 N–H and O–H groups in total. The number of hydrogen-bond donors (Lipinski definition) is 0. The molecule has 1 fully saturated rings. The van der Waals surface area contributed by atoms with E-state index in [0.29, 0.717) is 12.6 Å². The molecule has 0 spiro atoms. The Labute approximate surface area is 141 Å². The predicted molar refractivity (Wildman–Crippen MR) is 93.0 cm³/mol. The van der Waals surface area contributed by atoms with Crippen LogP contribution in [0.2, 0.25) is 0 Å². The van der Waals surface area contributed by atoms with Crippen molar-refractivity contribution in [3.63, 3.8) is 0 Å². The molecule has 0 unspecified atom stereocenters. The van der Waals surface area contributed by atoms with Gasteiger partial charge >= 0.3 is 0 Å². The number of rotatable bonds is 5. The van der Waals surface area contributed by atoms with E-state index in [9.17, 15) is 0 Å². The first kappa shape index (κ1) is 15.0. The number of hydrogen-bond acceptors (Lipinski definition) is 3. The van der Waals surface area contributed by atoms with Crippen molar-refractivity contribution in [3.8, 4) is 17.1 Å². The molecule has 5 nitrogen and oxygen atoms in total. The first-order valence-corrected chi connectivity index (χ1v) is 8.52. The Morgan fingerprint density at radius 2 is 2.04 bits per heavy atom. The Bertz CT molecular complexity index is 801. The van der Waals surface area contributed by atoms with Gasteiger partial charge in [-0.05, 0) is 37.1 Å². The molecule has 5 heteroatoms. The molecule has 0 aliphatic heterocycles. The van der Waals surface area contributed by atoms with Gasteiger partial charge in [-0.3, -0.25) is 4.68 Å². The van der Waals surface area contributed by atoms with E-state index in [1.165, 1.54) is 25.7 Å². The van der Waals surface area contributed by atoms with E-state index < -0.39 is 0 Å². The van der Waals surface area contributed by atoms with Crippen molar-refractivity contribution in [3.05, 3.63) is 54.6 Å². The summed E-state index contributed by atoms with van der Waals surface area (Å²) in [5.41, 5.74) is 2.24. The van der Waals surface area contributed by atoms with Crippen LogP contribution in [-0.4, -0.2) is 26.4 Å². The van der Waals surface area contributed by atoms with E-state index in [1.54, 1.807) is 13.3 Å². The molecular formula is C19H22N4O. The molecule has 24 heavy (non-hydrogen) atoms. The largest absolute Gasteiger partial charge is 0.496 e. The van der Waals surface area contributed by atoms with Crippen molar-refractivity contribution in [1.29, 1.82) is 0 Å². The molecule has 1 aromatic carbocycles. The molecule has 2 aromatic heterocycles. The fourth-order valence-corrected chi connectivity index (χ4v) is 3.62. The molecule has 4 rings (SSSR count). The summed E-state index contributed by atoms with van der Waals surface area (Å²) in [4.78, 5) is 4.62. The first-order valence-electron chi connectivity index (χ1n) is 8.52. The van der Waals surface area contributed by atoms with Crippen LogP contribution in [-0.2, 0) is 6.54 Å². The minimum absolute atomic E-state index is 0.583. The number of aromatic nitrogens is 4. The van der Waals surface area contributed by atoms with Crippen molar-refractivity contribution >= 4 is 0 Å². The van der Waals surface area contributed by atoms with Crippen LogP contribution in [0.4, 0.5) is 0 Å². The molecular weight excluding hydrogens is 300 g/mol. The molecule has 0 amide bonds. The van der Waals surface area contributed by atoms with Gasteiger partial charge in [0.15, 0.2) is 0 Å². The molecule has 0 bridgehead atoms. The van der Waals surface area contributed by atoms with E-state index in [4.69, 9.17) is 4.74 Å². The van der Waals surface area contributed by atoms with Gasteiger partial charge in [-0.25, -0.2) is 4.98 Å². The Morgan fingerprint density at radius 1 is 1.17 bits per heavy atom. The van der Waals surface area contributed by atoms with Crippen LogP contribution < -0.4 is 4.74 Å². The third kappa shape index (κ3) is 2.82. The van der Waals surface area contributed by atoms with Crippen molar-refractivity contribution in [2.75, 3.05) is 7.11 Å². The molecule has 1 saturated carbocycles. The van der Waals surface area contributed by atoms with Gasteiger partial charge in [-0.2, -0.15) is 5.10 Å². The number of benzene rings is 1. The van der Waals surface area contributed by atoms with Gasteiger partial charge < -0.3 is 9.30 Å². The van der Waals surface area contributed by atoms with Gasteiger partial charge in [-0.1, -0.05) is 12.8 Å². The fraction of sp³-hybridized carbons (Fsp3) is 0.368. The summed E-state index contributed by atoms with van der Waals surface area (Å²) in [5.74, 6) is 1.93. The van der Waals surface area contributed by atoms with Crippen LogP contribution in [0.25, 0.3) is 11.4 Å². The van der Waals surface area contributed by atoms with Gasteiger partial charge in [0.25, 0.3) is 0 Å². The lowest BCUT2D eigenvalue weighted by atomic mass is 10.1. The number of ether oxygens (including phenoxy) is 1. The van der Waals surface area contributed by atoms with Crippen LogP contribution in [0.5, 0.6) is 5.75 Å². The Balaban J connectivity index is 1.70. The topological polar surface area (TPSA) is 44.9 Å². The maximum atomic E-state index is 5.53. The lowest BCUT2D eigenvalue weighted by Gasteiger charge is -2.16. The van der Waals surface area contributed by atoms with Gasteiger partial charge in [0.1, 0.15) is 11.6 Å². The van der Waals surface area contributed by atoms with Crippen LogP contribution in [0.3, 0.4) is 0 Å². The maximum absolute atomic E-state index is 5.53. The number of methoxy groups -OCH3 is 1. The lowest BCUT2D eigenvalue weighted by molar-refractivity contribution is 0.407. The highest BCUT2D eigenvalue weighted by Gasteiger charge is 2.20. The smallest absolute Gasteiger partial charge is 0.140 e. The van der Waals surface area contributed by atoms with Gasteiger partial charge in [0.2, 0.25) is 0 Å². The molecule has 1 aliphatic carbocycles. The molecule has 3 aromatic rings. The zero-order chi connectivity index (χ0) is 16.4. The summed E-state index contributed by atoms with van der Waals surface area (Å²) >= 11 is 0. The SMILES string of the molecule is COc1ccc(-c2nccn2C2CCCC2)cc1Cn1cccn1. The summed E-state index contributed by atoms with van der Waals surface area (Å²) in [7, 11) is 1.71. The van der Waals surface area contributed by atoms with E-state index in [0.717, 1.165) is 22.7 Å². The standard InChI is InChI=1S/C19H22N4O/c1-24-18-8-7-15(13-16(18)14-22-11-4-9-21-22)19-20-10-12-23(19)17-5-2-3-6-17/h4,7-13,17H,2-3,5-6,14H2,1H3. The minimum Gasteiger partial charge on any atom is -0.496 e. The van der Waals surface area contributed by atoms with Crippen molar-refractivity contribution in [1.82, 2.24) is 19.3 Å². The van der Waals surface area contributed by atoms with Crippen LogP contribution >= 0.6 is 0 Å². The number of imidazole rings is 1. The number of nitrogens with zero attached hydrogens (tertiary/aromatic N) is 4.